The predicted octanol–water partition coefficient (Wildman–Crippen LogP) is 4.07. The lowest BCUT2D eigenvalue weighted by Crippen LogP contribution is -2.39. The van der Waals surface area contributed by atoms with E-state index in [1.807, 2.05) is 29.5 Å². The van der Waals surface area contributed by atoms with Crippen LogP contribution in [0.3, 0.4) is 0 Å². The van der Waals surface area contributed by atoms with E-state index in [0.717, 1.165) is 42.2 Å². The minimum Gasteiger partial charge on any atom is -0.337 e. The Morgan fingerprint density at radius 2 is 1.91 bits per heavy atom. The monoisotopic (exact) mass is 443 g/mol. The van der Waals surface area contributed by atoms with Gasteiger partial charge in [0.15, 0.2) is 5.69 Å². The van der Waals surface area contributed by atoms with Crippen molar-refractivity contribution in [2.24, 2.45) is 0 Å². The maximum atomic E-state index is 13.4. The zero-order valence-electron chi connectivity index (χ0n) is 19.6. The standard InChI is InChI=1S/C25H29N7O/c1-16(2)19-7-9-21(10-8-19)31-18(4)13-22(29-31)24(33)30-11-5-6-20(14-30)23-12-17(3)28-25-26-15-27-32(23)25/h7-10,12-13,15-16,20H,5-6,11,14H2,1-4H3. The Morgan fingerprint density at radius 3 is 2.67 bits per heavy atom. The van der Waals surface area contributed by atoms with Crippen molar-refractivity contribution < 1.29 is 4.79 Å². The third kappa shape index (κ3) is 4.01. The number of likely N-dealkylation sites (tertiary alicyclic amines) is 1. The molecule has 3 aromatic heterocycles. The van der Waals surface area contributed by atoms with E-state index in [9.17, 15) is 4.79 Å². The van der Waals surface area contributed by atoms with Crippen molar-refractivity contribution >= 4 is 11.7 Å². The van der Waals surface area contributed by atoms with Gasteiger partial charge in [0.2, 0.25) is 0 Å². The van der Waals surface area contributed by atoms with Crippen molar-refractivity contribution in [1.82, 2.24) is 34.3 Å². The molecule has 170 valence electrons. The minimum absolute atomic E-state index is 0.0269. The van der Waals surface area contributed by atoms with Crippen LogP contribution in [0.2, 0.25) is 0 Å². The summed E-state index contributed by atoms with van der Waals surface area (Å²) in [7, 11) is 0. The number of carbonyl (C=O) groups is 1. The van der Waals surface area contributed by atoms with Crippen LogP contribution >= 0.6 is 0 Å². The zero-order chi connectivity index (χ0) is 23.1. The average Bonchev–Trinajstić information content (AvgIpc) is 3.44. The molecule has 0 N–H and O–H groups in total. The summed E-state index contributed by atoms with van der Waals surface area (Å²) >= 11 is 0. The minimum atomic E-state index is -0.0269. The highest BCUT2D eigenvalue weighted by molar-refractivity contribution is 5.92. The topological polar surface area (TPSA) is 81.2 Å². The van der Waals surface area contributed by atoms with Crippen molar-refractivity contribution in [3.05, 3.63) is 71.1 Å². The Bertz CT molecular complexity index is 1300. The first-order valence-electron chi connectivity index (χ1n) is 11.5. The highest BCUT2D eigenvalue weighted by Crippen LogP contribution is 2.28. The van der Waals surface area contributed by atoms with E-state index in [1.54, 1.807) is 4.52 Å². The summed E-state index contributed by atoms with van der Waals surface area (Å²) in [6.45, 7) is 9.67. The van der Waals surface area contributed by atoms with Crippen LogP contribution in [0.25, 0.3) is 11.5 Å². The Kier molecular flexibility index (Phi) is 5.44. The maximum Gasteiger partial charge on any atom is 0.274 e. The van der Waals surface area contributed by atoms with E-state index in [0.29, 0.717) is 23.9 Å². The van der Waals surface area contributed by atoms with Gasteiger partial charge in [-0.25, -0.2) is 14.2 Å². The molecule has 1 saturated heterocycles. The molecule has 1 atom stereocenters. The molecule has 1 unspecified atom stereocenters. The van der Waals surface area contributed by atoms with Gasteiger partial charge in [0.25, 0.3) is 11.7 Å². The number of aromatic nitrogens is 6. The molecular formula is C25H29N7O. The smallest absolute Gasteiger partial charge is 0.274 e. The predicted molar refractivity (Wildman–Crippen MR) is 126 cm³/mol. The second-order valence-electron chi connectivity index (χ2n) is 9.21. The van der Waals surface area contributed by atoms with Crippen LogP contribution in [0.4, 0.5) is 0 Å². The third-order valence-electron chi connectivity index (χ3n) is 6.45. The largest absolute Gasteiger partial charge is 0.337 e. The number of carbonyl (C=O) groups excluding carboxylic acids is 1. The highest BCUT2D eigenvalue weighted by atomic mass is 16.2. The molecule has 1 aliphatic heterocycles. The van der Waals surface area contributed by atoms with Gasteiger partial charge in [-0.2, -0.15) is 15.2 Å². The van der Waals surface area contributed by atoms with Gasteiger partial charge in [0.1, 0.15) is 6.33 Å². The summed E-state index contributed by atoms with van der Waals surface area (Å²) in [4.78, 5) is 24.0. The van der Waals surface area contributed by atoms with Gasteiger partial charge in [0, 0.05) is 30.4 Å². The molecule has 0 radical (unpaired) electrons. The number of benzene rings is 1. The van der Waals surface area contributed by atoms with Crippen molar-refractivity contribution in [2.45, 2.75) is 52.4 Å². The summed E-state index contributed by atoms with van der Waals surface area (Å²) in [6, 6.07) is 12.3. The summed E-state index contributed by atoms with van der Waals surface area (Å²) in [5, 5.41) is 9.02. The Balaban J connectivity index is 1.38. The molecule has 4 heterocycles. The summed E-state index contributed by atoms with van der Waals surface area (Å²) in [5.41, 5.74) is 5.64. The van der Waals surface area contributed by atoms with Gasteiger partial charge < -0.3 is 4.90 Å². The van der Waals surface area contributed by atoms with Crippen LogP contribution in [-0.4, -0.2) is 53.3 Å². The van der Waals surface area contributed by atoms with Gasteiger partial charge in [0.05, 0.1) is 11.4 Å². The first kappa shape index (κ1) is 21.3. The molecule has 8 nitrogen and oxygen atoms in total. The quantitative estimate of drug-likeness (QED) is 0.475. The van der Waals surface area contributed by atoms with Crippen LogP contribution in [0, 0.1) is 13.8 Å². The molecule has 1 amide bonds. The number of fused-ring (bicyclic) bond motifs is 1. The fraction of sp³-hybridized carbons (Fsp3) is 0.400. The molecule has 1 fully saturated rings. The lowest BCUT2D eigenvalue weighted by Gasteiger charge is -2.32. The number of hydrogen-bond donors (Lipinski definition) is 0. The Hall–Kier alpha value is -3.55. The fourth-order valence-electron chi connectivity index (χ4n) is 4.66. The number of nitrogens with zero attached hydrogens (tertiary/aromatic N) is 7. The molecular weight excluding hydrogens is 414 g/mol. The molecule has 1 aliphatic rings. The lowest BCUT2D eigenvalue weighted by atomic mass is 9.94. The van der Waals surface area contributed by atoms with Crippen molar-refractivity contribution in [3.8, 4) is 5.69 Å². The van der Waals surface area contributed by atoms with Crippen LogP contribution in [-0.2, 0) is 0 Å². The highest BCUT2D eigenvalue weighted by Gasteiger charge is 2.29. The van der Waals surface area contributed by atoms with Gasteiger partial charge in [-0.1, -0.05) is 26.0 Å². The third-order valence-corrected chi connectivity index (χ3v) is 6.45. The SMILES string of the molecule is Cc1cc(C2CCCN(C(=O)c3cc(C)n(-c4ccc(C(C)C)cc4)n3)C2)n2ncnc2n1. The number of rotatable bonds is 4. The molecule has 0 bridgehead atoms. The lowest BCUT2D eigenvalue weighted by molar-refractivity contribution is 0.0698. The van der Waals surface area contributed by atoms with Crippen molar-refractivity contribution in [3.63, 3.8) is 0 Å². The van der Waals surface area contributed by atoms with E-state index in [4.69, 9.17) is 0 Å². The van der Waals surface area contributed by atoms with E-state index in [1.165, 1.54) is 11.9 Å². The van der Waals surface area contributed by atoms with E-state index in [2.05, 4.69) is 64.3 Å². The van der Waals surface area contributed by atoms with E-state index < -0.39 is 0 Å². The number of hydrogen-bond acceptors (Lipinski definition) is 5. The Labute approximate surface area is 193 Å². The molecule has 33 heavy (non-hydrogen) atoms. The van der Waals surface area contributed by atoms with Gasteiger partial charge in [-0.05, 0) is 62.4 Å². The van der Waals surface area contributed by atoms with Gasteiger partial charge in [-0.3, -0.25) is 4.79 Å². The van der Waals surface area contributed by atoms with Crippen LogP contribution in [0.15, 0.2) is 42.7 Å². The number of piperidine rings is 1. The zero-order valence-corrected chi connectivity index (χ0v) is 19.6. The van der Waals surface area contributed by atoms with Crippen LogP contribution in [0.1, 0.15) is 71.7 Å². The summed E-state index contributed by atoms with van der Waals surface area (Å²) in [6.07, 6.45) is 3.46. The molecule has 4 aromatic rings. The second-order valence-corrected chi connectivity index (χ2v) is 9.21. The van der Waals surface area contributed by atoms with Crippen molar-refractivity contribution in [2.75, 3.05) is 13.1 Å². The molecule has 5 rings (SSSR count). The molecule has 0 spiro atoms. The summed E-state index contributed by atoms with van der Waals surface area (Å²) in [5.74, 6) is 1.23. The Morgan fingerprint density at radius 1 is 1.12 bits per heavy atom. The number of aryl methyl sites for hydroxylation is 2. The van der Waals surface area contributed by atoms with E-state index >= 15 is 0 Å². The van der Waals surface area contributed by atoms with Gasteiger partial charge >= 0.3 is 0 Å². The summed E-state index contributed by atoms with van der Waals surface area (Å²) < 4.78 is 3.65. The second kappa shape index (κ2) is 8.42. The van der Waals surface area contributed by atoms with Crippen molar-refractivity contribution in [1.29, 1.82) is 0 Å². The fourth-order valence-corrected chi connectivity index (χ4v) is 4.66. The molecule has 8 heteroatoms. The van der Waals surface area contributed by atoms with Gasteiger partial charge in [-0.15, -0.1) is 0 Å². The van der Waals surface area contributed by atoms with Crippen LogP contribution < -0.4 is 0 Å². The average molecular weight is 444 g/mol. The molecule has 1 aromatic carbocycles. The number of amides is 1. The molecule has 0 aliphatic carbocycles. The normalized spacial score (nSPS) is 16.6. The van der Waals surface area contributed by atoms with Crippen LogP contribution in [0.5, 0.6) is 0 Å². The maximum absolute atomic E-state index is 13.4. The first-order valence-corrected chi connectivity index (χ1v) is 11.5. The molecule has 0 saturated carbocycles. The first-order chi connectivity index (χ1) is 15.9. The van der Waals surface area contributed by atoms with E-state index in [-0.39, 0.29) is 11.8 Å².